The van der Waals surface area contributed by atoms with E-state index in [1.807, 2.05) is 0 Å². The van der Waals surface area contributed by atoms with Crippen LogP contribution in [0.2, 0.25) is 0 Å². The highest BCUT2D eigenvalue weighted by molar-refractivity contribution is 5.91. The van der Waals surface area contributed by atoms with Gasteiger partial charge in [-0.2, -0.15) is 0 Å². The molecular formula is C16H23N5O4. The number of hydrogen-bond donors (Lipinski definition) is 2. The largest absolute Gasteiger partial charge is 0.479 e. The molecule has 2 heterocycles. The highest BCUT2D eigenvalue weighted by atomic mass is 16.5. The van der Waals surface area contributed by atoms with Crippen LogP contribution in [-0.4, -0.2) is 44.3 Å². The van der Waals surface area contributed by atoms with Crippen molar-refractivity contribution in [2.75, 3.05) is 7.11 Å². The second-order valence-electron chi connectivity index (χ2n) is 6.81. The summed E-state index contributed by atoms with van der Waals surface area (Å²) in [5.41, 5.74) is -0.551. The number of amides is 1. The summed E-state index contributed by atoms with van der Waals surface area (Å²) in [6.45, 7) is 3.33. The van der Waals surface area contributed by atoms with Gasteiger partial charge in [-0.3, -0.25) is 4.79 Å². The van der Waals surface area contributed by atoms with Gasteiger partial charge in [0.05, 0.1) is 31.5 Å². The summed E-state index contributed by atoms with van der Waals surface area (Å²) in [5, 5.41) is 24.9. The molecule has 9 nitrogen and oxygen atoms in total. The number of nitrogens with one attached hydrogen (secondary N) is 1. The van der Waals surface area contributed by atoms with Gasteiger partial charge < -0.3 is 19.7 Å². The monoisotopic (exact) mass is 349 g/mol. The quantitative estimate of drug-likeness (QED) is 0.838. The molecule has 0 aliphatic heterocycles. The number of ether oxygens (including phenoxy) is 1. The molecule has 2 aromatic rings. The molecule has 1 aliphatic rings. The molecule has 0 aromatic carbocycles. The third-order valence-electron chi connectivity index (χ3n) is 4.44. The summed E-state index contributed by atoms with van der Waals surface area (Å²) >= 11 is 0. The summed E-state index contributed by atoms with van der Waals surface area (Å²) in [7, 11) is 1.46. The van der Waals surface area contributed by atoms with Gasteiger partial charge in [0.15, 0.2) is 0 Å². The molecule has 0 radical (unpaired) electrons. The van der Waals surface area contributed by atoms with Crippen LogP contribution in [0.3, 0.4) is 0 Å². The van der Waals surface area contributed by atoms with E-state index in [0.29, 0.717) is 5.69 Å². The molecule has 0 saturated heterocycles. The first kappa shape index (κ1) is 17.4. The van der Waals surface area contributed by atoms with E-state index in [-0.39, 0.29) is 29.6 Å². The predicted octanol–water partition coefficient (Wildman–Crippen LogP) is 1.42. The van der Waals surface area contributed by atoms with E-state index >= 15 is 0 Å². The number of nitrogens with zero attached hydrogens (tertiary/aromatic N) is 4. The molecule has 1 aliphatic carbocycles. The topological polar surface area (TPSA) is 115 Å². The number of carbonyl (C=O) groups excluding carboxylic acids is 1. The van der Waals surface area contributed by atoms with Gasteiger partial charge in [-0.05, 0) is 31.8 Å². The van der Waals surface area contributed by atoms with Crippen molar-refractivity contribution in [3.05, 3.63) is 23.7 Å². The lowest BCUT2D eigenvalue weighted by molar-refractivity contribution is 0.0735. The number of methoxy groups -OCH3 is 1. The minimum absolute atomic E-state index is 0.0221. The zero-order valence-corrected chi connectivity index (χ0v) is 14.6. The highest BCUT2D eigenvalue weighted by Gasteiger charge is 2.31. The first-order valence-electron chi connectivity index (χ1n) is 8.34. The van der Waals surface area contributed by atoms with Crippen molar-refractivity contribution < 1.29 is 19.2 Å². The van der Waals surface area contributed by atoms with Gasteiger partial charge in [-0.15, -0.1) is 5.10 Å². The predicted molar refractivity (Wildman–Crippen MR) is 87.1 cm³/mol. The Balaban J connectivity index is 1.74. The second-order valence-corrected chi connectivity index (χ2v) is 6.81. The second kappa shape index (κ2) is 6.83. The van der Waals surface area contributed by atoms with Crippen LogP contribution >= 0.6 is 0 Å². The van der Waals surface area contributed by atoms with Gasteiger partial charge >= 0.3 is 0 Å². The van der Waals surface area contributed by atoms with Crippen LogP contribution in [0.1, 0.15) is 61.8 Å². The van der Waals surface area contributed by atoms with Crippen LogP contribution in [0.15, 0.2) is 16.8 Å². The zero-order valence-electron chi connectivity index (χ0n) is 14.6. The van der Waals surface area contributed by atoms with Crippen molar-refractivity contribution in [1.29, 1.82) is 0 Å². The molecule has 2 N–H and O–H groups in total. The van der Waals surface area contributed by atoms with E-state index in [4.69, 9.17) is 9.26 Å². The molecule has 2 aromatic heterocycles. The van der Waals surface area contributed by atoms with Crippen LogP contribution < -0.4 is 10.1 Å². The molecule has 0 unspecified atom stereocenters. The third-order valence-corrected chi connectivity index (χ3v) is 4.44. The first-order chi connectivity index (χ1) is 11.9. The first-order valence-corrected chi connectivity index (χ1v) is 8.34. The maximum Gasteiger partial charge on any atom is 0.290 e. The Morgan fingerprint density at radius 1 is 1.44 bits per heavy atom. The Morgan fingerprint density at radius 3 is 2.84 bits per heavy atom. The fourth-order valence-corrected chi connectivity index (χ4v) is 3.02. The van der Waals surface area contributed by atoms with Gasteiger partial charge in [0.1, 0.15) is 11.3 Å². The van der Waals surface area contributed by atoms with Crippen LogP contribution in [0.4, 0.5) is 0 Å². The Labute approximate surface area is 145 Å². The molecule has 9 heteroatoms. The molecule has 0 bridgehead atoms. The average molecular weight is 349 g/mol. The van der Waals surface area contributed by atoms with Crippen molar-refractivity contribution in [1.82, 2.24) is 25.5 Å². The molecular weight excluding hydrogens is 326 g/mol. The minimum atomic E-state index is -1.05. The summed E-state index contributed by atoms with van der Waals surface area (Å²) < 4.78 is 11.7. The van der Waals surface area contributed by atoms with Crippen LogP contribution in [0, 0.1) is 0 Å². The Bertz CT molecular complexity index is 733. The lowest BCUT2D eigenvalue weighted by Gasteiger charge is -2.31. The van der Waals surface area contributed by atoms with Gasteiger partial charge in [0, 0.05) is 0 Å². The summed E-state index contributed by atoms with van der Waals surface area (Å²) in [5.74, 6) is 0.0314. The number of hydrogen-bond acceptors (Lipinski definition) is 7. The smallest absolute Gasteiger partial charge is 0.290 e. The van der Waals surface area contributed by atoms with Crippen molar-refractivity contribution in [2.45, 2.75) is 57.2 Å². The molecule has 25 heavy (non-hydrogen) atoms. The van der Waals surface area contributed by atoms with Crippen LogP contribution in [0.5, 0.6) is 5.88 Å². The average Bonchev–Trinajstić information content (AvgIpc) is 3.24. The summed E-state index contributed by atoms with van der Waals surface area (Å²) in [6.07, 6.45) is 5.52. The standard InChI is InChI=1S/C16H23N5O4/c1-16(2,23)13-9-21(20-18-13)11-7-5-4-6-10(11)17-15(22)12-8-14(24-3)19-25-12/h8-11,23H,4-7H2,1-3H3,(H,17,22)/t10-,11+/m0/s1. The molecule has 0 spiro atoms. The summed E-state index contributed by atoms with van der Waals surface area (Å²) in [6, 6.07) is 1.33. The van der Waals surface area contributed by atoms with Crippen molar-refractivity contribution >= 4 is 5.91 Å². The fourth-order valence-electron chi connectivity index (χ4n) is 3.02. The normalized spacial score (nSPS) is 21.1. The molecule has 1 fully saturated rings. The number of aromatic nitrogens is 4. The third kappa shape index (κ3) is 3.81. The van der Waals surface area contributed by atoms with Crippen molar-refractivity contribution in [3.63, 3.8) is 0 Å². The fraction of sp³-hybridized carbons (Fsp3) is 0.625. The van der Waals surface area contributed by atoms with E-state index < -0.39 is 5.60 Å². The lowest BCUT2D eigenvalue weighted by Crippen LogP contribution is -2.43. The van der Waals surface area contributed by atoms with Crippen LogP contribution in [-0.2, 0) is 5.60 Å². The van der Waals surface area contributed by atoms with Crippen molar-refractivity contribution in [3.8, 4) is 5.88 Å². The number of aliphatic hydroxyl groups is 1. The van der Waals surface area contributed by atoms with Gasteiger partial charge in [-0.25, -0.2) is 4.68 Å². The number of rotatable bonds is 5. The maximum atomic E-state index is 12.4. The zero-order chi connectivity index (χ0) is 18.0. The maximum absolute atomic E-state index is 12.4. The molecule has 3 rings (SSSR count). The summed E-state index contributed by atoms with van der Waals surface area (Å²) in [4.78, 5) is 12.4. The Morgan fingerprint density at radius 2 is 2.20 bits per heavy atom. The molecule has 2 atom stereocenters. The van der Waals surface area contributed by atoms with Gasteiger partial charge in [0.25, 0.3) is 11.8 Å². The SMILES string of the molecule is COc1cc(C(=O)N[C@H]2CCCC[C@H]2n2cc(C(C)(C)O)nn2)on1. The van der Waals surface area contributed by atoms with Gasteiger partial charge in [0.2, 0.25) is 5.76 Å². The molecule has 1 saturated carbocycles. The lowest BCUT2D eigenvalue weighted by atomic mass is 9.90. The van der Waals surface area contributed by atoms with Gasteiger partial charge in [-0.1, -0.05) is 18.1 Å². The van der Waals surface area contributed by atoms with E-state index in [1.165, 1.54) is 13.2 Å². The highest BCUT2D eigenvalue weighted by Crippen LogP contribution is 2.29. The van der Waals surface area contributed by atoms with Crippen LogP contribution in [0.25, 0.3) is 0 Å². The van der Waals surface area contributed by atoms with Crippen molar-refractivity contribution in [2.24, 2.45) is 0 Å². The van der Waals surface area contributed by atoms with E-state index in [0.717, 1.165) is 25.7 Å². The van der Waals surface area contributed by atoms with E-state index in [2.05, 4.69) is 20.8 Å². The Kier molecular flexibility index (Phi) is 4.76. The molecule has 136 valence electrons. The van der Waals surface area contributed by atoms with E-state index in [1.54, 1.807) is 24.7 Å². The minimum Gasteiger partial charge on any atom is -0.479 e. The van der Waals surface area contributed by atoms with E-state index in [9.17, 15) is 9.90 Å². The Hall–Kier alpha value is -2.42. The number of carbonyl (C=O) groups is 1. The molecule has 1 amide bonds.